The first-order valence-corrected chi connectivity index (χ1v) is 15.5. The molecule has 0 unspecified atom stereocenters. The van der Waals surface area contributed by atoms with Gasteiger partial charge in [0.15, 0.2) is 0 Å². The van der Waals surface area contributed by atoms with E-state index in [1.165, 1.54) is 47.7 Å². The number of benzene rings is 2. The number of carbonyl (C=O) groups excluding carboxylic acids is 1. The van der Waals surface area contributed by atoms with Crippen molar-refractivity contribution in [3.05, 3.63) is 92.9 Å². The molecule has 2 aromatic carbocycles. The first-order valence-electron chi connectivity index (χ1n) is 13.2. The van der Waals surface area contributed by atoms with Crippen LogP contribution in [0.25, 0.3) is 10.9 Å². The maximum atomic E-state index is 14.0. The van der Waals surface area contributed by atoms with Crippen LogP contribution in [0.5, 0.6) is 5.75 Å². The number of fused-ring (bicyclic) bond motifs is 1. The molecule has 0 spiro atoms. The molecule has 0 aliphatic heterocycles. The maximum Gasteiger partial charge on any atom is 0.323 e. The summed E-state index contributed by atoms with van der Waals surface area (Å²) in [5.74, 6) is -2.85. The van der Waals surface area contributed by atoms with Crippen LogP contribution in [0.3, 0.4) is 0 Å². The van der Waals surface area contributed by atoms with Crippen molar-refractivity contribution in [3.63, 3.8) is 0 Å². The van der Waals surface area contributed by atoms with Gasteiger partial charge in [-0.05, 0) is 60.0 Å². The molecule has 0 bridgehead atoms. The van der Waals surface area contributed by atoms with Crippen LogP contribution in [0.15, 0.2) is 81.8 Å². The smallest absolute Gasteiger partial charge is 0.323 e. The van der Waals surface area contributed by atoms with Gasteiger partial charge in [0.2, 0.25) is 21.5 Å². The van der Waals surface area contributed by atoms with E-state index in [1.807, 2.05) is 0 Å². The third-order valence-corrected chi connectivity index (χ3v) is 8.64. The van der Waals surface area contributed by atoms with E-state index >= 15 is 0 Å². The highest BCUT2D eigenvalue weighted by molar-refractivity contribution is 7.89. The largest absolute Gasteiger partial charge is 0.493 e. The number of pyridine rings is 1. The number of carboxylic acids is 2. The van der Waals surface area contributed by atoms with Crippen molar-refractivity contribution < 1.29 is 37.8 Å². The predicted octanol–water partition coefficient (Wildman–Crippen LogP) is 3.36. The number of thiophene rings is 1. The molecular formula is C29H29N3O9S2. The molecule has 0 aliphatic rings. The summed E-state index contributed by atoms with van der Waals surface area (Å²) in [4.78, 5) is 52.5. The molecule has 1 atom stereocenters. The van der Waals surface area contributed by atoms with Gasteiger partial charge in [-0.1, -0.05) is 24.3 Å². The van der Waals surface area contributed by atoms with Crippen molar-refractivity contribution in [1.29, 1.82) is 0 Å². The number of para-hydroxylation sites is 1. The number of hydrogen-bond donors (Lipinski definition) is 4. The Hall–Kier alpha value is -4.53. The Kier molecular flexibility index (Phi) is 10.3. The maximum absolute atomic E-state index is 14.0. The summed E-state index contributed by atoms with van der Waals surface area (Å²) in [5, 5.41) is 20.7. The second-order valence-electron chi connectivity index (χ2n) is 9.53. The summed E-state index contributed by atoms with van der Waals surface area (Å²) in [6.07, 6.45) is 0.707. The van der Waals surface area contributed by atoms with E-state index in [0.717, 1.165) is 4.90 Å². The van der Waals surface area contributed by atoms with Crippen molar-refractivity contribution in [2.75, 3.05) is 13.2 Å². The van der Waals surface area contributed by atoms with Crippen LogP contribution >= 0.6 is 11.3 Å². The van der Waals surface area contributed by atoms with Crippen molar-refractivity contribution in [2.45, 2.75) is 36.7 Å². The van der Waals surface area contributed by atoms with Crippen molar-refractivity contribution in [1.82, 2.24) is 14.6 Å². The number of H-pyrrole nitrogens is 1. The Morgan fingerprint density at radius 3 is 2.49 bits per heavy atom. The Bertz CT molecular complexity index is 1770. The van der Waals surface area contributed by atoms with Crippen LogP contribution in [-0.4, -0.2) is 59.5 Å². The van der Waals surface area contributed by atoms with Crippen LogP contribution in [0.1, 0.15) is 35.7 Å². The molecule has 14 heteroatoms. The van der Waals surface area contributed by atoms with Crippen LogP contribution < -0.4 is 15.0 Å². The minimum atomic E-state index is -4.39. The lowest BCUT2D eigenvalue weighted by atomic mass is 10.0. The lowest BCUT2D eigenvalue weighted by molar-refractivity contribution is -0.145. The minimum absolute atomic E-state index is 0.0432. The minimum Gasteiger partial charge on any atom is -0.493 e. The average Bonchev–Trinajstić information content (AvgIpc) is 3.48. The zero-order valence-corrected chi connectivity index (χ0v) is 24.4. The predicted molar refractivity (Wildman–Crippen MR) is 158 cm³/mol. The number of amides is 1. The van der Waals surface area contributed by atoms with Crippen LogP contribution in [-0.2, 0) is 31.0 Å². The third kappa shape index (κ3) is 8.50. The Morgan fingerprint density at radius 1 is 0.977 bits per heavy atom. The average molecular weight is 628 g/mol. The fraction of sp³-hybridized carbons (Fsp3) is 0.241. The second-order valence-corrected chi connectivity index (χ2v) is 12.3. The fourth-order valence-corrected chi connectivity index (χ4v) is 6.25. The van der Waals surface area contributed by atoms with E-state index in [4.69, 9.17) is 9.84 Å². The quantitative estimate of drug-likeness (QED) is 0.144. The number of aromatic amines is 1. The number of nitrogens with zero attached hydrogens (tertiary/aromatic N) is 1. The lowest BCUT2D eigenvalue weighted by Crippen LogP contribution is -2.44. The Morgan fingerprint density at radius 2 is 1.77 bits per heavy atom. The number of hydrogen-bond acceptors (Lipinski definition) is 8. The van der Waals surface area contributed by atoms with Crippen molar-refractivity contribution in [3.8, 4) is 5.75 Å². The summed E-state index contributed by atoms with van der Waals surface area (Å²) < 4.78 is 35.7. The summed E-state index contributed by atoms with van der Waals surface area (Å²) in [5.41, 5.74) is 0.223. The third-order valence-electron chi connectivity index (χ3n) is 6.36. The van der Waals surface area contributed by atoms with Gasteiger partial charge in [-0.15, -0.1) is 11.3 Å². The number of rotatable bonds is 15. The van der Waals surface area contributed by atoms with Gasteiger partial charge in [0.05, 0.1) is 18.0 Å². The number of sulfonamides is 1. The zero-order chi connectivity index (χ0) is 31.0. The number of aliphatic carboxylic acids is 2. The van der Waals surface area contributed by atoms with Gasteiger partial charge in [0.25, 0.3) is 0 Å². The van der Waals surface area contributed by atoms with Gasteiger partial charge in [-0.3, -0.25) is 19.2 Å². The van der Waals surface area contributed by atoms with Gasteiger partial charge in [-0.25, -0.2) is 8.42 Å². The van der Waals surface area contributed by atoms with Crippen LogP contribution in [0.2, 0.25) is 0 Å². The molecular weight excluding hydrogens is 598 g/mol. The molecule has 2 heterocycles. The Balaban J connectivity index is 1.71. The molecule has 0 radical (unpaired) electrons. The van der Waals surface area contributed by atoms with Gasteiger partial charge >= 0.3 is 11.9 Å². The second kappa shape index (κ2) is 14.1. The number of carboxylic acid groups (broad SMARTS) is 2. The molecule has 4 N–H and O–H groups in total. The molecule has 226 valence electrons. The normalized spacial score (nSPS) is 12.1. The summed E-state index contributed by atoms with van der Waals surface area (Å²) in [6, 6.07) is 15.0. The zero-order valence-electron chi connectivity index (χ0n) is 22.8. The SMILES string of the molecule is O=C(O)CCCCOc1ccccc1[C@@H](NS(=O)(=O)c1ccc2[nH]c(=O)ccc2c1)C(=O)N(CC(=O)O)Cc1cccs1. The van der Waals surface area contributed by atoms with Gasteiger partial charge in [0.1, 0.15) is 18.3 Å². The van der Waals surface area contributed by atoms with Crippen molar-refractivity contribution in [2.24, 2.45) is 0 Å². The van der Waals surface area contributed by atoms with Crippen LogP contribution in [0, 0.1) is 0 Å². The van der Waals surface area contributed by atoms with E-state index in [9.17, 15) is 32.7 Å². The highest BCUT2D eigenvalue weighted by atomic mass is 32.2. The number of aromatic nitrogens is 1. The topological polar surface area (TPSA) is 183 Å². The standard InChI is InChI=1S/C29H29N3O9S2/c33-25-13-10-19-16-21(11-12-23(19)30-25)43(39,40)31-28(29(38)32(18-27(36)37)17-20-6-5-15-42-20)22-7-1-2-8-24(22)41-14-4-3-9-26(34)35/h1-2,5-8,10-13,15-16,28,31H,3-4,9,14,17-18H2,(H,30,33)(H,34,35)(H,36,37)/t28-/m1/s1. The molecule has 1 amide bonds. The first-order chi connectivity index (χ1) is 20.5. The molecule has 0 fully saturated rings. The molecule has 0 saturated heterocycles. The summed E-state index contributed by atoms with van der Waals surface area (Å²) in [6.45, 7) is -0.645. The van der Waals surface area contributed by atoms with E-state index in [0.29, 0.717) is 28.6 Å². The highest BCUT2D eigenvalue weighted by Gasteiger charge is 2.34. The molecule has 4 aromatic rings. The van der Waals surface area contributed by atoms with E-state index < -0.39 is 40.5 Å². The molecule has 0 saturated carbocycles. The first kappa shape index (κ1) is 31.4. The Labute approximate surface area is 250 Å². The number of nitrogens with one attached hydrogen (secondary N) is 2. The summed E-state index contributed by atoms with van der Waals surface area (Å²) in [7, 11) is -4.39. The monoisotopic (exact) mass is 627 g/mol. The molecule has 4 rings (SSSR count). The molecule has 43 heavy (non-hydrogen) atoms. The van der Waals surface area contributed by atoms with E-state index in [1.54, 1.807) is 35.7 Å². The number of ether oxygens (including phenoxy) is 1. The number of unbranched alkanes of at least 4 members (excludes halogenated alkanes) is 1. The van der Waals surface area contributed by atoms with Gasteiger partial charge in [-0.2, -0.15) is 4.72 Å². The molecule has 2 aromatic heterocycles. The van der Waals surface area contributed by atoms with Gasteiger partial charge < -0.3 is 24.8 Å². The highest BCUT2D eigenvalue weighted by Crippen LogP contribution is 2.30. The van der Waals surface area contributed by atoms with Gasteiger partial charge in [0, 0.05) is 28.4 Å². The lowest BCUT2D eigenvalue weighted by Gasteiger charge is -2.27. The van der Waals surface area contributed by atoms with Crippen LogP contribution in [0.4, 0.5) is 0 Å². The number of carbonyl (C=O) groups is 3. The van der Waals surface area contributed by atoms with E-state index in [2.05, 4.69) is 9.71 Å². The van der Waals surface area contributed by atoms with Crippen molar-refractivity contribution >= 4 is 50.1 Å². The molecule has 0 aliphatic carbocycles. The summed E-state index contributed by atoms with van der Waals surface area (Å²) >= 11 is 1.32. The fourth-order valence-electron chi connectivity index (χ4n) is 4.33. The molecule has 12 nitrogen and oxygen atoms in total. The van der Waals surface area contributed by atoms with E-state index in [-0.39, 0.29) is 41.3 Å².